The fourth-order valence-electron chi connectivity index (χ4n) is 2.29. The fourth-order valence-corrected chi connectivity index (χ4v) is 3.11. The highest BCUT2D eigenvalue weighted by Gasteiger charge is 2.16. The van der Waals surface area contributed by atoms with Gasteiger partial charge in [-0.25, -0.2) is 17.8 Å². The lowest BCUT2D eigenvalue weighted by molar-refractivity contribution is 0.590. The van der Waals surface area contributed by atoms with E-state index in [0.29, 0.717) is 29.9 Å². The number of imidazole rings is 1. The van der Waals surface area contributed by atoms with E-state index in [9.17, 15) is 12.8 Å². The molecule has 0 fully saturated rings. The molecule has 0 radical (unpaired) electrons. The molecule has 1 heterocycles. The maximum atomic E-state index is 13.6. The fraction of sp³-hybridized carbons (Fsp3) is 0.500. The Morgan fingerprint density at radius 2 is 2.10 bits per heavy atom. The molecule has 0 N–H and O–H groups in total. The lowest BCUT2D eigenvalue weighted by atomic mass is 10.2. The minimum atomic E-state index is -3.01. The lowest BCUT2D eigenvalue weighted by Gasteiger charge is -2.10. The van der Waals surface area contributed by atoms with Crippen LogP contribution < -0.4 is 0 Å². The van der Waals surface area contributed by atoms with Crippen LogP contribution in [0.3, 0.4) is 0 Å². The largest absolute Gasteiger partial charge is 0.327 e. The molecule has 0 amide bonds. The second-order valence-electron chi connectivity index (χ2n) is 5.31. The number of benzene rings is 1. The van der Waals surface area contributed by atoms with Crippen molar-refractivity contribution in [2.24, 2.45) is 0 Å². The van der Waals surface area contributed by atoms with Gasteiger partial charge >= 0.3 is 0 Å². The van der Waals surface area contributed by atoms with Crippen molar-refractivity contribution in [3.05, 3.63) is 29.3 Å². The van der Waals surface area contributed by atoms with Crippen molar-refractivity contribution in [2.75, 3.05) is 12.0 Å². The highest BCUT2D eigenvalue weighted by Crippen LogP contribution is 2.26. The third-order valence-electron chi connectivity index (χ3n) is 3.31. The standard InChI is InChI=1S/C14H18ClFN2O2S/c1-9-7-13-12(8-11(9)16)17-14(10(2)15)18(13)5-4-6-21(3,19)20/h7-8,10H,4-6H2,1-3H3. The van der Waals surface area contributed by atoms with Crippen LogP contribution in [0.5, 0.6) is 0 Å². The molecule has 0 saturated heterocycles. The van der Waals surface area contributed by atoms with E-state index in [4.69, 9.17) is 11.6 Å². The Labute approximate surface area is 128 Å². The number of alkyl halides is 1. The van der Waals surface area contributed by atoms with Crippen LogP contribution in [-0.2, 0) is 16.4 Å². The summed E-state index contributed by atoms with van der Waals surface area (Å²) in [7, 11) is -3.01. The van der Waals surface area contributed by atoms with Gasteiger partial charge in [0.1, 0.15) is 21.5 Å². The molecule has 2 aromatic rings. The predicted octanol–water partition coefficient (Wildman–Crippen LogP) is 3.22. The summed E-state index contributed by atoms with van der Waals surface area (Å²) in [6.07, 6.45) is 1.68. The molecule has 7 heteroatoms. The van der Waals surface area contributed by atoms with Crippen LogP contribution in [0.1, 0.15) is 30.1 Å². The van der Waals surface area contributed by atoms with Crippen molar-refractivity contribution < 1.29 is 12.8 Å². The summed E-state index contributed by atoms with van der Waals surface area (Å²) in [5, 5.41) is -0.334. The number of sulfone groups is 1. The first kappa shape index (κ1) is 16.2. The molecule has 1 aromatic carbocycles. The van der Waals surface area contributed by atoms with Crippen LogP contribution in [0, 0.1) is 12.7 Å². The van der Waals surface area contributed by atoms with E-state index in [0.717, 1.165) is 5.52 Å². The number of aromatic nitrogens is 2. The van der Waals surface area contributed by atoms with E-state index >= 15 is 0 Å². The van der Waals surface area contributed by atoms with Gasteiger partial charge in [-0.05, 0) is 31.9 Å². The molecule has 1 unspecified atom stereocenters. The van der Waals surface area contributed by atoms with Crippen molar-refractivity contribution in [1.82, 2.24) is 9.55 Å². The molecule has 116 valence electrons. The summed E-state index contributed by atoms with van der Waals surface area (Å²) >= 11 is 6.13. The molecule has 1 atom stereocenters. The van der Waals surface area contributed by atoms with Crippen LogP contribution in [0.2, 0.25) is 0 Å². The Kier molecular flexibility index (Phi) is 4.58. The van der Waals surface area contributed by atoms with Gasteiger partial charge in [0, 0.05) is 18.9 Å². The van der Waals surface area contributed by atoms with Gasteiger partial charge in [0.2, 0.25) is 0 Å². The van der Waals surface area contributed by atoms with Gasteiger partial charge in [-0.2, -0.15) is 0 Å². The topological polar surface area (TPSA) is 52.0 Å². The van der Waals surface area contributed by atoms with Crippen LogP contribution in [0.4, 0.5) is 4.39 Å². The average molecular weight is 333 g/mol. The number of hydrogen-bond donors (Lipinski definition) is 0. The summed E-state index contributed by atoms with van der Waals surface area (Å²) in [6, 6.07) is 3.11. The molecule has 4 nitrogen and oxygen atoms in total. The van der Waals surface area contributed by atoms with Crippen molar-refractivity contribution in [2.45, 2.75) is 32.2 Å². The maximum Gasteiger partial charge on any atom is 0.147 e. The third-order valence-corrected chi connectivity index (χ3v) is 4.54. The van der Waals surface area contributed by atoms with Crippen molar-refractivity contribution >= 4 is 32.5 Å². The third kappa shape index (κ3) is 3.74. The lowest BCUT2D eigenvalue weighted by Crippen LogP contribution is -2.10. The van der Waals surface area contributed by atoms with Gasteiger partial charge in [0.25, 0.3) is 0 Å². The second-order valence-corrected chi connectivity index (χ2v) is 8.23. The van der Waals surface area contributed by atoms with Crippen molar-refractivity contribution in [1.29, 1.82) is 0 Å². The monoisotopic (exact) mass is 332 g/mol. The van der Waals surface area contributed by atoms with E-state index in [1.165, 1.54) is 12.3 Å². The van der Waals surface area contributed by atoms with Gasteiger partial charge in [0.05, 0.1) is 22.2 Å². The maximum absolute atomic E-state index is 13.6. The minimum absolute atomic E-state index is 0.100. The Bertz CT molecular complexity index is 769. The smallest absolute Gasteiger partial charge is 0.147 e. The van der Waals surface area contributed by atoms with Gasteiger partial charge < -0.3 is 4.57 Å². The number of nitrogens with zero attached hydrogens (tertiary/aromatic N) is 2. The predicted molar refractivity (Wildman–Crippen MR) is 83.0 cm³/mol. The summed E-state index contributed by atoms with van der Waals surface area (Å²) in [4.78, 5) is 4.37. The van der Waals surface area contributed by atoms with Gasteiger partial charge in [-0.15, -0.1) is 11.6 Å². The molecule has 0 aliphatic carbocycles. The van der Waals surface area contributed by atoms with E-state index in [1.807, 2.05) is 4.57 Å². The number of halogens is 2. The molecular weight excluding hydrogens is 315 g/mol. The highest BCUT2D eigenvalue weighted by atomic mass is 35.5. The molecule has 0 spiro atoms. The molecule has 0 bridgehead atoms. The van der Waals surface area contributed by atoms with E-state index in [-0.39, 0.29) is 16.9 Å². The molecule has 0 aliphatic rings. The molecular formula is C14H18ClFN2O2S. The van der Waals surface area contributed by atoms with Crippen LogP contribution in [0.15, 0.2) is 12.1 Å². The van der Waals surface area contributed by atoms with Crippen LogP contribution in [-0.4, -0.2) is 30.0 Å². The Morgan fingerprint density at radius 1 is 1.43 bits per heavy atom. The number of hydrogen-bond acceptors (Lipinski definition) is 3. The molecule has 0 saturated carbocycles. The SMILES string of the molecule is Cc1cc2c(cc1F)nc(C(C)Cl)n2CCCS(C)(=O)=O. The molecule has 1 aromatic heterocycles. The molecule has 0 aliphatic heterocycles. The first-order valence-corrected chi connectivity index (χ1v) is 9.17. The van der Waals surface area contributed by atoms with Gasteiger partial charge in [0.15, 0.2) is 0 Å². The number of aryl methyl sites for hydroxylation is 2. The van der Waals surface area contributed by atoms with E-state index in [2.05, 4.69) is 4.98 Å². The molecule has 2 rings (SSSR count). The van der Waals surface area contributed by atoms with Crippen molar-refractivity contribution in [3.63, 3.8) is 0 Å². The van der Waals surface area contributed by atoms with Crippen LogP contribution >= 0.6 is 11.6 Å². The Balaban J connectivity index is 2.43. The number of fused-ring (bicyclic) bond motifs is 1. The van der Waals surface area contributed by atoms with Gasteiger partial charge in [-0.1, -0.05) is 0 Å². The summed E-state index contributed by atoms with van der Waals surface area (Å²) in [6.45, 7) is 3.96. The van der Waals surface area contributed by atoms with Gasteiger partial charge in [-0.3, -0.25) is 0 Å². The average Bonchev–Trinajstić information content (AvgIpc) is 2.67. The highest BCUT2D eigenvalue weighted by molar-refractivity contribution is 7.90. The quantitative estimate of drug-likeness (QED) is 0.790. The Hall–Kier alpha value is -1.14. The summed E-state index contributed by atoms with van der Waals surface area (Å²) in [5.74, 6) is 0.422. The Morgan fingerprint density at radius 3 is 2.67 bits per heavy atom. The second kappa shape index (κ2) is 5.93. The summed E-state index contributed by atoms with van der Waals surface area (Å²) < 4.78 is 38.0. The molecule has 21 heavy (non-hydrogen) atoms. The zero-order chi connectivity index (χ0) is 15.8. The zero-order valence-corrected chi connectivity index (χ0v) is 13.8. The zero-order valence-electron chi connectivity index (χ0n) is 12.2. The summed E-state index contributed by atoms with van der Waals surface area (Å²) in [5.41, 5.74) is 1.85. The first-order chi connectivity index (χ1) is 9.69. The number of rotatable bonds is 5. The van der Waals surface area contributed by atoms with Crippen LogP contribution in [0.25, 0.3) is 11.0 Å². The first-order valence-electron chi connectivity index (χ1n) is 6.67. The minimum Gasteiger partial charge on any atom is -0.327 e. The normalized spacial score (nSPS) is 13.8. The van der Waals surface area contributed by atoms with Crippen molar-refractivity contribution in [3.8, 4) is 0 Å². The van der Waals surface area contributed by atoms with E-state index in [1.54, 1.807) is 19.9 Å². The van der Waals surface area contributed by atoms with E-state index < -0.39 is 9.84 Å².